The number of rotatable bonds is 1. The van der Waals surface area contributed by atoms with Crippen molar-refractivity contribution in [3.05, 3.63) is 180 Å². The second kappa shape index (κ2) is 8.59. The van der Waals surface area contributed by atoms with Crippen LogP contribution in [0.5, 0.6) is 0 Å². The fraction of sp³-hybridized carbons (Fsp3) is 0.0213. The van der Waals surface area contributed by atoms with Gasteiger partial charge >= 0.3 is 0 Å². The number of para-hydroxylation sites is 1. The zero-order chi connectivity index (χ0) is 31.1. The fourth-order valence-corrected chi connectivity index (χ4v) is 9.58. The first kappa shape index (κ1) is 25.0. The van der Waals surface area contributed by atoms with Gasteiger partial charge in [0, 0.05) is 10.8 Å². The molecule has 1 atom stereocenters. The summed E-state index contributed by atoms with van der Waals surface area (Å²) in [5.74, 6) is 0. The van der Waals surface area contributed by atoms with Gasteiger partial charge in [-0.15, -0.1) is 0 Å². The van der Waals surface area contributed by atoms with Crippen molar-refractivity contribution in [1.29, 1.82) is 0 Å². The van der Waals surface area contributed by atoms with E-state index in [2.05, 4.69) is 152 Å². The van der Waals surface area contributed by atoms with E-state index in [0.29, 0.717) is 0 Å². The maximum atomic E-state index is 6.20. The summed E-state index contributed by atoms with van der Waals surface area (Å²) in [7, 11) is 0. The Labute approximate surface area is 277 Å². The molecule has 0 N–H and O–H groups in total. The molecule has 1 spiro atoms. The Bertz CT molecular complexity index is 2900. The fourth-order valence-electron chi connectivity index (χ4n) is 9.58. The molecule has 1 heterocycles. The van der Waals surface area contributed by atoms with Gasteiger partial charge in [0.2, 0.25) is 0 Å². The first-order chi connectivity index (χ1) is 23.8. The second-order valence-electron chi connectivity index (χ2n) is 13.5. The molecule has 0 radical (unpaired) electrons. The van der Waals surface area contributed by atoms with Crippen molar-refractivity contribution >= 4 is 32.7 Å². The third-order valence-corrected chi connectivity index (χ3v) is 11.4. The van der Waals surface area contributed by atoms with Gasteiger partial charge in [0.25, 0.3) is 0 Å². The molecule has 0 aliphatic heterocycles. The Morgan fingerprint density at radius 1 is 0.333 bits per heavy atom. The Balaban J connectivity index is 1.20. The molecule has 0 amide bonds. The SMILES string of the molecule is c1ccc2c(c1)-c1cccc3c4c(cc-2c13)C1(c2ccccc2-c2ccc(-c3ccc5oc6ccccc6c5c3)cc21)c1ccccc1-4. The summed E-state index contributed by atoms with van der Waals surface area (Å²) in [5.41, 5.74) is 20.0. The van der Waals surface area contributed by atoms with Crippen molar-refractivity contribution in [2.45, 2.75) is 5.41 Å². The normalized spacial score (nSPS) is 16.0. The quantitative estimate of drug-likeness (QED) is 0.181. The second-order valence-corrected chi connectivity index (χ2v) is 13.5. The van der Waals surface area contributed by atoms with Crippen molar-refractivity contribution in [1.82, 2.24) is 0 Å². The summed E-state index contributed by atoms with van der Waals surface area (Å²) < 4.78 is 6.20. The van der Waals surface area contributed by atoms with Crippen LogP contribution in [-0.2, 0) is 5.41 Å². The number of fused-ring (bicyclic) bond motifs is 17. The number of hydrogen-bond acceptors (Lipinski definition) is 1. The third-order valence-electron chi connectivity index (χ3n) is 11.4. The van der Waals surface area contributed by atoms with E-state index in [4.69, 9.17) is 4.42 Å². The van der Waals surface area contributed by atoms with Gasteiger partial charge < -0.3 is 4.42 Å². The van der Waals surface area contributed by atoms with Crippen LogP contribution >= 0.6 is 0 Å². The molecule has 0 bridgehead atoms. The minimum absolute atomic E-state index is 0.432. The molecule has 0 saturated carbocycles. The Kier molecular flexibility index (Phi) is 4.47. The molecule has 0 fully saturated rings. The molecule has 1 unspecified atom stereocenters. The molecule has 1 aromatic heterocycles. The van der Waals surface area contributed by atoms with Gasteiger partial charge in [-0.25, -0.2) is 0 Å². The number of furan rings is 1. The molecular weight excluding hydrogens is 581 g/mol. The number of hydrogen-bond donors (Lipinski definition) is 0. The predicted octanol–water partition coefficient (Wildman–Crippen LogP) is 12.4. The lowest BCUT2D eigenvalue weighted by molar-refractivity contribution is 0.669. The molecule has 8 aromatic carbocycles. The van der Waals surface area contributed by atoms with Gasteiger partial charge in [-0.3, -0.25) is 0 Å². The summed E-state index contributed by atoms with van der Waals surface area (Å²) in [6.07, 6.45) is 0. The molecule has 48 heavy (non-hydrogen) atoms. The van der Waals surface area contributed by atoms with E-state index in [-0.39, 0.29) is 0 Å². The van der Waals surface area contributed by atoms with Gasteiger partial charge in [0.15, 0.2) is 0 Å². The molecule has 220 valence electrons. The molecule has 1 nitrogen and oxygen atoms in total. The smallest absolute Gasteiger partial charge is 0.135 e. The maximum Gasteiger partial charge on any atom is 0.135 e. The van der Waals surface area contributed by atoms with E-state index < -0.39 is 5.41 Å². The largest absolute Gasteiger partial charge is 0.456 e. The van der Waals surface area contributed by atoms with Crippen molar-refractivity contribution in [3.63, 3.8) is 0 Å². The van der Waals surface area contributed by atoms with Crippen molar-refractivity contribution in [2.24, 2.45) is 0 Å². The van der Waals surface area contributed by atoms with E-state index in [1.807, 2.05) is 6.07 Å². The van der Waals surface area contributed by atoms with Crippen LogP contribution in [-0.4, -0.2) is 0 Å². The summed E-state index contributed by atoms with van der Waals surface area (Å²) in [6, 6.07) is 58.8. The van der Waals surface area contributed by atoms with E-state index in [1.54, 1.807) is 0 Å². The summed E-state index contributed by atoms with van der Waals surface area (Å²) in [6.45, 7) is 0. The standard InChI is InChI=1S/C47H26O/c1-2-11-30-29(10-1)34-15-9-16-36-45(34)38(30)26-42-46(36)35-14-4-7-18-40(35)47(42)39-17-6-3-12-31(39)32-22-20-28(25-41(32)47)27-21-23-44-37(24-27)33-13-5-8-19-43(33)48-44/h1-26H. The van der Waals surface area contributed by atoms with Crippen LogP contribution in [0.1, 0.15) is 22.3 Å². The van der Waals surface area contributed by atoms with Gasteiger partial charge in [0.1, 0.15) is 11.2 Å². The highest BCUT2D eigenvalue weighted by Crippen LogP contribution is 2.65. The highest BCUT2D eigenvalue weighted by molar-refractivity contribution is 6.21. The zero-order valence-electron chi connectivity index (χ0n) is 25.9. The van der Waals surface area contributed by atoms with Crippen molar-refractivity contribution < 1.29 is 4.42 Å². The van der Waals surface area contributed by atoms with Gasteiger partial charge in [-0.1, -0.05) is 127 Å². The van der Waals surface area contributed by atoms with Crippen LogP contribution in [0, 0.1) is 0 Å². The van der Waals surface area contributed by atoms with Crippen LogP contribution in [0.25, 0.3) is 88.3 Å². The monoisotopic (exact) mass is 606 g/mol. The summed E-state index contributed by atoms with van der Waals surface area (Å²) in [5, 5.41) is 5.04. The topological polar surface area (TPSA) is 13.1 Å². The van der Waals surface area contributed by atoms with E-state index >= 15 is 0 Å². The Morgan fingerprint density at radius 2 is 0.938 bits per heavy atom. The molecule has 9 aromatic rings. The minimum Gasteiger partial charge on any atom is -0.456 e. The molecule has 1 heteroatoms. The number of benzene rings is 8. The van der Waals surface area contributed by atoms with Crippen LogP contribution in [0.15, 0.2) is 162 Å². The molecular formula is C47H26O. The molecule has 12 rings (SSSR count). The molecule has 3 aliphatic rings. The highest BCUT2D eigenvalue weighted by atomic mass is 16.3. The lowest BCUT2D eigenvalue weighted by Crippen LogP contribution is -2.26. The first-order valence-corrected chi connectivity index (χ1v) is 16.8. The van der Waals surface area contributed by atoms with E-state index in [9.17, 15) is 0 Å². The summed E-state index contributed by atoms with van der Waals surface area (Å²) >= 11 is 0. The average Bonchev–Trinajstić information content (AvgIpc) is 3.86. The van der Waals surface area contributed by atoms with Crippen LogP contribution < -0.4 is 0 Å². The highest BCUT2D eigenvalue weighted by Gasteiger charge is 2.52. The lowest BCUT2D eigenvalue weighted by atomic mass is 9.69. The van der Waals surface area contributed by atoms with Crippen molar-refractivity contribution in [3.8, 4) is 55.6 Å². The van der Waals surface area contributed by atoms with Crippen molar-refractivity contribution in [2.75, 3.05) is 0 Å². The van der Waals surface area contributed by atoms with Gasteiger partial charge in [-0.2, -0.15) is 0 Å². The lowest BCUT2D eigenvalue weighted by Gasteiger charge is -2.31. The first-order valence-electron chi connectivity index (χ1n) is 16.8. The predicted molar refractivity (Wildman–Crippen MR) is 197 cm³/mol. The third kappa shape index (κ3) is 2.82. The Morgan fingerprint density at radius 3 is 1.81 bits per heavy atom. The van der Waals surface area contributed by atoms with Crippen LogP contribution in [0.4, 0.5) is 0 Å². The Hall–Kier alpha value is -6.18. The minimum atomic E-state index is -0.432. The average molecular weight is 607 g/mol. The van der Waals surface area contributed by atoms with Gasteiger partial charge in [0.05, 0.1) is 5.41 Å². The van der Waals surface area contributed by atoms with Crippen LogP contribution in [0.2, 0.25) is 0 Å². The van der Waals surface area contributed by atoms with Gasteiger partial charge in [-0.05, 0) is 119 Å². The van der Waals surface area contributed by atoms with E-state index in [1.165, 1.54) is 88.7 Å². The zero-order valence-corrected chi connectivity index (χ0v) is 25.9. The van der Waals surface area contributed by atoms with Crippen LogP contribution in [0.3, 0.4) is 0 Å². The van der Waals surface area contributed by atoms with E-state index in [0.717, 1.165) is 21.9 Å². The molecule has 3 aliphatic carbocycles. The maximum absolute atomic E-state index is 6.20. The summed E-state index contributed by atoms with van der Waals surface area (Å²) in [4.78, 5) is 0. The molecule has 0 saturated heterocycles.